The lowest BCUT2D eigenvalue weighted by molar-refractivity contribution is 0.150. The predicted molar refractivity (Wildman–Crippen MR) is 97.8 cm³/mol. The first-order valence-corrected chi connectivity index (χ1v) is 8.24. The zero-order valence-electron chi connectivity index (χ0n) is 14.9. The number of guanidine groups is 1. The van der Waals surface area contributed by atoms with E-state index in [9.17, 15) is 9.90 Å². The van der Waals surface area contributed by atoms with Crippen molar-refractivity contribution in [2.45, 2.75) is 38.8 Å². The molecular formula is C16H27N7O2. The maximum Gasteiger partial charge on any atom is 0.349 e. The van der Waals surface area contributed by atoms with Crippen molar-refractivity contribution in [2.24, 2.45) is 5.73 Å². The minimum absolute atomic E-state index is 0.0636. The summed E-state index contributed by atoms with van der Waals surface area (Å²) < 4.78 is 1.42. The lowest BCUT2D eigenvalue weighted by Crippen LogP contribution is -2.39. The number of aromatic nitrogens is 3. The third-order valence-electron chi connectivity index (χ3n) is 3.79. The molecule has 138 valence electrons. The number of nitrogens with one attached hydrogen (secondary N) is 4. The van der Waals surface area contributed by atoms with E-state index in [1.807, 2.05) is 6.07 Å². The number of nitrogens with two attached hydrogens (primary N) is 1. The van der Waals surface area contributed by atoms with E-state index in [-0.39, 0.29) is 17.9 Å². The third kappa shape index (κ3) is 5.30. The smallest absolute Gasteiger partial charge is 0.349 e. The van der Waals surface area contributed by atoms with Crippen molar-refractivity contribution in [3.63, 3.8) is 0 Å². The fourth-order valence-corrected chi connectivity index (χ4v) is 2.41. The average molecular weight is 349 g/mol. The summed E-state index contributed by atoms with van der Waals surface area (Å²) in [5, 5.41) is 23.7. The van der Waals surface area contributed by atoms with Crippen LogP contribution in [0.3, 0.4) is 0 Å². The van der Waals surface area contributed by atoms with Crippen LogP contribution in [-0.4, -0.2) is 51.3 Å². The topological polar surface area (TPSA) is 145 Å². The number of nitrogens with zero attached hydrogens (tertiary/aromatic N) is 2. The van der Waals surface area contributed by atoms with Crippen molar-refractivity contribution >= 4 is 17.0 Å². The van der Waals surface area contributed by atoms with Gasteiger partial charge in [-0.1, -0.05) is 20.8 Å². The van der Waals surface area contributed by atoms with E-state index in [4.69, 9.17) is 11.1 Å². The Balaban J connectivity index is 1.99. The Labute approximate surface area is 146 Å². The Kier molecular flexibility index (Phi) is 5.81. The number of hydrogen-bond acceptors (Lipinski definition) is 5. The second kappa shape index (κ2) is 7.66. The minimum Gasteiger partial charge on any atom is -0.390 e. The van der Waals surface area contributed by atoms with Crippen LogP contribution in [-0.2, 0) is 12.0 Å². The van der Waals surface area contributed by atoms with Crippen molar-refractivity contribution in [2.75, 3.05) is 19.6 Å². The van der Waals surface area contributed by atoms with Gasteiger partial charge in [0.25, 0.3) is 0 Å². The highest BCUT2D eigenvalue weighted by Crippen LogP contribution is 2.24. The highest BCUT2D eigenvalue weighted by molar-refractivity contribution is 5.75. The Bertz CT molecular complexity index is 788. The molecule has 2 heterocycles. The molecule has 2 rings (SSSR count). The molecule has 9 nitrogen and oxygen atoms in total. The largest absolute Gasteiger partial charge is 0.390 e. The second-order valence-electron chi connectivity index (χ2n) is 7.11. The average Bonchev–Trinajstić information content (AvgIpc) is 2.90. The van der Waals surface area contributed by atoms with Crippen molar-refractivity contribution in [1.29, 1.82) is 5.41 Å². The van der Waals surface area contributed by atoms with Gasteiger partial charge in [0.05, 0.1) is 12.6 Å². The number of aliphatic hydroxyl groups is 1. The van der Waals surface area contributed by atoms with Gasteiger partial charge in [-0.2, -0.15) is 4.98 Å². The van der Waals surface area contributed by atoms with Gasteiger partial charge in [-0.05, 0) is 6.07 Å². The first kappa shape index (κ1) is 18.9. The molecule has 0 bridgehead atoms. The molecule has 7 N–H and O–H groups in total. The van der Waals surface area contributed by atoms with Gasteiger partial charge in [0.2, 0.25) is 0 Å². The van der Waals surface area contributed by atoms with Crippen LogP contribution in [0.4, 0.5) is 0 Å². The fraction of sp³-hybridized carbons (Fsp3) is 0.562. The summed E-state index contributed by atoms with van der Waals surface area (Å²) >= 11 is 0. The quantitative estimate of drug-likeness (QED) is 0.225. The summed E-state index contributed by atoms with van der Waals surface area (Å²) in [6, 6.07) is 1.98. The van der Waals surface area contributed by atoms with Gasteiger partial charge in [-0.25, -0.2) is 4.79 Å². The Morgan fingerprint density at radius 1 is 1.48 bits per heavy atom. The molecule has 0 radical (unpaired) electrons. The van der Waals surface area contributed by atoms with Crippen molar-refractivity contribution in [3.8, 4) is 0 Å². The maximum atomic E-state index is 12.1. The van der Waals surface area contributed by atoms with Gasteiger partial charge in [-0.15, -0.1) is 0 Å². The van der Waals surface area contributed by atoms with Gasteiger partial charge < -0.3 is 26.5 Å². The molecule has 25 heavy (non-hydrogen) atoms. The zero-order chi connectivity index (χ0) is 18.6. The van der Waals surface area contributed by atoms with Gasteiger partial charge in [-0.3, -0.25) is 9.98 Å². The van der Waals surface area contributed by atoms with Gasteiger partial charge in [0.15, 0.2) is 5.96 Å². The van der Waals surface area contributed by atoms with Crippen LogP contribution < -0.4 is 22.1 Å². The first-order valence-electron chi connectivity index (χ1n) is 8.24. The normalized spacial score (nSPS) is 13.1. The summed E-state index contributed by atoms with van der Waals surface area (Å²) in [6.07, 6.45) is 0.993. The molecule has 1 atom stereocenters. The van der Waals surface area contributed by atoms with Crippen LogP contribution in [0.1, 0.15) is 26.5 Å². The molecule has 2 aromatic heterocycles. The van der Waals surface area contributed by atoms with Gasteiger partial charge in [0.1, 0.15) is 5.65 Å². The van der Waals surface area contributed by atoms with Crippen LogP contribution in [0.2, 0.25) is 0 Å². The van der Waals surface area contributed by atoms with E-state index < -0.39 is 11.8 Å². The number of hydrogen-bond donors (Lipinski definition) is 6. The number of aromatic amines is 1. The van der Waals surface area contributed by atoms with Crippen molar-refractivity contribution in [1.82, 2.24) is 25.2 Å². The first-order chi connectivity index (χ1) is 11.7. The summed E-state index contributed by atoms with van der Waals surface area (Å²) in [7, 11) is 0. The molecular weight excluding hydrogens is 322 g/mol. The van der Waals surface area contributed by atoms with Crippen LogP contribution in [0.25, 0.3) is 11.0 Å². The van der Waals surface area contributed by atoms with E-state index in [1.165, 1.54) is 4.57 Å². The van der Waals surface area contributed by atoms with Crippen LogP contribution in [0.15, 0.2) is 17.1 Å². The van der Waals surface area contributed by atoms with Crippen LogP contribution >= 0.6 is 0 Å². The van der Waals surface area contributed by atoms with Gasteiger partial charge in [0, 0.05) is 42.3 Å². The van der Waals surface area contributed by atoms with E-state index in [2.05, 4.69) is 41.4 Å². The molecule has 0 aromatic carbocycles. The highest BCUT2D eigenvalue weighted by atomic mass is 16.3. The zero-order valence-corrected chi connectivity index (χ0v) is 14.9. The maximum absolute atomic E-state index is 12.1. The summed E-state index contributed by atoms with van der Waals surface area (Å²) in [5.74, 6) is -0.0885. The van der Waals surface area contributed by atoms with Crippen LogP contribution in [0.5, 0.6) is 0 Å². The lowest BCUT2D eigenvalue weighted by Gasteiger charge is -2.15. The molecule has 0 spiro atoms. The Morgan fingerprint density at radius 3 is 2.84 bits per heavy atom. The number of fused-ring (bicyclic) bond motifs is 1. The Hall–Kier alpha value is -2.39. The molecule has 0 aliphatic carbocycles. The highest BCUT2D eigenvalue weighted by Gasteiger charge is 2.17. The number of H-pyrrole nitrogens is 1. The van der Waals surface area contributed by atoms with E-state index in [1.54, 1.807) is 6.20 Å². The summed E-state index contributed by atoms with van der Waals surface area (Å²) in [4.78, 5) is 19.4. The minimum atomic E-state index is -0.727. The predicted octanol–water partition coefficient (Wildman–Crippen LogP) is -0.544. The molecule has 0 fully saturated rings. The van der Waals surface area contributed by atoms with Crippen LogP contribution in [0, 0.1) is 5.41 Å². The Morgan fingerprint density at radius 2 is 2.20 bits per heavy atom. The molecule has 0 saturated carbocycles. The third-order valence-corrected chi connectivity index (χ3v) is 3.79. The molecule has 1 unspecified atom stereocenters. The molecule has 0 saturated heterocycles. The van der Waals surface area contributed by atoms with E-state index in [0.717, 1.165) is 11.1 Å². The molecule has 9 heteroatoms. The molecule has 0 aliphatic rings. The monoisotopic (exact) mass is 349 g/mol. The molecule has 0 amide bonds. The van der Waals surface area contributed by atoms with E-state index in [0.29, 0.717) is 25.3 Å². The fourth-order valence-electron chi connectivity index (χ4n) is 2.41. The number of aliphatic hydroxyl groups excluding tert-OH is 1. The number of rotatable bonds is 7. The standard InChI is InChI=1S/C16H27N7O2/c1-16(2,3)12-6-10-8-23(15(25)22-13(10)21-12)9-11(24)7-19-4-5-20-14(17)18/h6,8,11,19,24H,4-5,7,9H2,1-3H3,(H4,17,18,20)(H,21,22,25). The van der Waals surface area contributed by atoms with E-state index >= 15 is 0 Å². The van der Waals surface area contributed by atoms with Crippen molar-refractivity contribution in [3.05, 3.63) is 28.4 Å². The molecule has 0 aliphatic heterocycles. The second-order valence-corrected chi connectivity index (χ2v) is 7.11. The lowest BCUT2D eigenvalue weighted by atomic mass is 9.92. The summed E-state index contributed by atoms with van der Waals surface area (Å²) in [5.41, 5.74) is 6.29. The van der Waals surface area contributed by atoms with Gasteiger partial charge >= 0.3 is 5.69 Å². The summed E-state index contributed by atoms with van der Waals surface area (Å²) in [6.45, 7) is 7.78. The molecule has 2 aromatic rings. The van der Waals surface area contributed by atoms with Crippen molar-refractivity contribution < 1.29 is 5.11 Å². The SMILES string of the molecule is CC(C)(C)c1cc2cn(CC(O)CNCCNC(=N)N)c(=O)nc2[nH]1.